The normalized spacial score (nSPS) is 11.0. The monoisotopic (exact) mass is 224 g/mol. The van der Waals surface area contributed by atoms with Gasteiger partial charge in [0.1, 0.15) is 0 Å². The van der Waals surface area contributed by atoms with E-state index in [4.69, 9.17) is 9.79 Å². The quantitative estimate of drug-likeness (QED) is 0.388. The zero-order valence-electron chi connectivity index (χ0n) is 8.70. The molecule has 0 saturated carbocycles. The van der Waals surface area contributed by atoms with Gasteiger partial charge in [0.2, 0.25) is 0 Å². The Kier molecular flexibility index (Phi) is 6.36. The van der Waals surface area contributed by atoms with Crippen LogP contribution in [0.1, 0.15) is 6.99 Å². The van der Waals surface area contributed by atoms with Gasteiger partial charge in [-0.25, -0.2) is 4.57 Å². The van der Waals surface area contributed by atoms with Crippen molar-refractivity contribution in [3.8, 4) is 0 Å². The summed E-state index contributed by atoms with van der Waals surface area (Å²) in [5.41, 5.74) is 0.816. The molecule has 1 aromatic rings. The average Bonchev–Trinajstić information content (AvgIpc) is 2.04. The van der Waals surface area contributed by atoms with Crippen molar-refractivity contribution in [1.82, 2.24) is 0 Å². The standard InChI is InChI=1S/C8H9O4P.Na.H/c9-13(10,11)12-7-6-8-4-2-1-3-5-8;;/h1-7H,(H2,9,10,11);;/q;+1;-1. The van der Waals surface area contributed by atoms with Gasteiger partial charge in [-0.3, -0.25) is 9.79 Å². The molecule has 6 heteroatoms. The molecule has 0 saturated heterocycles. The Morgan fingerprint density at radius 2 is 1.86 bits per heavy atom. The largest absolute Gasteiger partial charge is 1.00 e. The van der Waals surface area contributed by atoms with Crippen LogP contribution >= 0.6 is 7.82 Å². The fraction of sp³-hybridized carbons (Fsp3) is 0. The van der Waals surface area contributed by atoms with E-state index in [9.17, 15) is 4.57 Å². The molecule has 0 bridgehead atoms. The summed E-state index contributed by atoms with van der Waals surface area (Å²) >= 11 is 0. The van der Waals surface area contributed by atoms with E-state index in [1.807, 2.05) is 18.2 Å². The molecule has 1 rings (SSSR count). The molecule has 0 spiro atoms. The van der Waals surface area contributed by atoms with Gasteiger partial charge in [-0.2, -0.15) is 0 Å². The van der Waals surface area contributed by atoms with Gasteiger partial charge in [-0.15, -0.1) is 0 Å². The maximum atomic E-state index is 10.2. The van der Waals surface area contributed by atoms with Crippen LogP contribution in [0.25, 0.3) is 6.08 Å². The minimum Gasteiger partial charge on any atom is -1.00 e. The molecule has 14 heavy (non-hydrogen) atoms. The van der Waals surface area contributed by atoms with Crippen molar-refractivity contribution >= 4 is 13.9 Å². The minimum absolute atomic E-state index is 0. The average molecular weight is 224 g/mol. The third kappa shape index (κ3) is 6.38. The molecule has 4 nitrogen and oxygen atoms in total. The molecular weight excluding hydrogens is 214 g/mol. The van der Waals surface area contributed by atoms with Crippen molar-refractivity contribution in [2.24, 2.45) is 0 Å². The predicted octanol–water partition coefficient (Wildman–Crippen LogP) is -1.12. The molecule has 72 valence electrons. The van der Waals surface area contributed by atoms with E-state index in [1.54, 1.807) is 12.1 Å². The number of phosphoric acid groups is 1. The second kappa shape index (κ2) is 6.40. The molecule has 0 fully saturated rings. The van der Waals surface area contributed by atoms with Crippen molar-refractivity contribution in [2.45, 2.75) is 0 Å². The predicted molar refractivity (Wildman–Crippen MR) is 49.7 cm³/mol. The molecule has 1 aromatic carbocycles. The van der Waals surface area contributed by atoms with Crippen LogP contribution in [-0.2, 0) is 9.09 Å². The van der Waals surface area contributed by atoms with Crippen LogP contribution in [0, 0.1) is 0 Å². The van der Waals surface area contributed by atoms with Crippen molar-refractivity contribution in [2.75, 3.05) is 0 Å². The summed E-state index contributed by atoms with van der Waals surface area (Å²) in [5, 5.41) is 0. The van der Waals surface area contributed by atoms with E-state index in [0.717, 1.165) is 11.8 Å². The Morgan fingerprint density at radius 3 is 2.36 bits per heavy atom. The second-order valence-electron chi connectivity index (χ2n) is 2.31. The Morgan fingerprint density at radius 1 is 1.29 bits per heavy atom. The van der Waals surface area contributed by atoms with Crippen LogP contribution in [0.4, 0.5) is 0 Å². The van der Waals surface area contributed by atoms with Crippen molar-refractivity contribution in [3.05, 3.63) is 42.2 Å². The van der Waals surface area contributed by atoms with Gasteiger partial charge in [0, 0.05) is 0 Å². The zero-order chi connectivity index (χ0) is 9.73. The SMILES string of the molecule is O=P(O)(O)OC=Cc1ccccc1.[H-].[Na+]. The van der Waals surface area contributed by atoms with E-state index in [-0.39, 0.29) is 31.0 Å². The van der Waals surface area contributed by atoms with Crippen LogP contribution in [-0.4, -0.2) is 9.79 Å². The third-order valence-corrected chi connectivity index (χ3v) is 1.65. The first-order valence-corrected chi connectivity index (χ1v) is 5.06. The van der Waals surface area contributed by atoms with Gasteiger partial charge in [-0.05, 0) is 11.6 Å². The van der Waals surface area contributed by atoms with Crippen LogP contribution < -0.4 is 29.6 Å². The van der Waals surface area contributed by atoms with Crippen LogP contribution in [0.15, 0.2) is 36.6 Å². The molecule has 0 heterocycles. The molecular formula is C8H10NaO4P. The summed E-state index contributed by atoms with van der Waals surface area (Å²) in [6.45, 7) is 0. The Balaban J connectivity index is 0. The number of phosphoric ester groups is 1. The van der Waals surface area contributed by atoms with E-state index >= 15 is 0 Å². The molecule has 0 atom stereocenters. The fourth-order valence-electron chi connectivity index (χ4n) is 0.752. The minimum atomic E-state index is -4.39. The molecule has 0 aliphatic heterocycles. The van der Waals surface area contributed by atoms with E-state index in [0.29, 0.717) is 0 Å². The smallest absolute Gasteiger partial charge is 1.00 e. The van der Waals surface area contributed by atoms with E-state index in [2.05, 4.69) is 4.52 Å². The van der Waals surface area contributed by atoms with E-state index in [1.165, 1.54) is 6.08 Å². The summed E-state index contributed by atoms with van der Waals surface area (Å²) in [6, 6.07) is 9.06. The number of rotatable bonds is 3. The van der Waals surface area contributed by atoms with Gasteiger partial charge >= 0.3 is 37.4 Å². The Bertz CT molecular complexity index is 338. The Labute approximate surface area is 106 Å². The van der Waals surface area contributed by atoms with Gasteiger partial charge in [0.15, 0.2) is 0 Å². The van der Waals surface area contributed by atoms with Crippen molar-refractivity contribution < 1.29 is 49.9 Å². The van der Waals surface area contributed by atoms with Gasteiger partial charge in [0.25, 0.3) is 0 Å². The second-order valence-corrected chi connectivity index (χ2v) is 3.50. The molecule has 2 N–H and O–H groups in total. The van der Waals surface area contributed by atoms with E-state index < -0.39 is 7.82 Å². The summed E-state index contributed by atoms with van der Waals surface area (Å²) in [4.78, 5) is 16.7. The first-order valence-electron chi connectivity index (χ1n) is 3.53. The molecule has 0 aliphatic rings. The maximum Gasteiger partial charge on any atom is 1.00 e. The van der Waals surface area contributed by atoms with Crippen molar-refractivity contribution in [3.63, 3.8) is 0 Å². The summed E-state index contributed by atoms with van der Waals surface area (Å²) in [5.74, 6) is 0. The molecule has 0 radical (unpaired) electrons. The molecule has 0 aromatic heterocycles. The molecule has 0 amide bonds. The van der Waals surface area contributed by atoms with Crippen LogP contribution in [0.2, 0.25) is 0 Å². The number of hydrogen-bond acceptors (Lipinski definition) is 2. The Hall–Kier alpha value is -0.0900. The fourth-order valence-corrected chi connectivity index (χ4v) is 0.972. The van der Waals surface area contributed by atoms with Crippen LogP contribution in [0.5, 0.6) is 0 Å². The van der Waals surface area contributed by atoms with Gasteiger partial charge in [0.05, 0.1) is 6.26 Å². The number of hydrogen-bond donors (Lipinski definition) is 2. The first-order chi connectivity index (χ1) is 6.08. The third-order valence-electron chi connectivity index (χ3n) is 1.26. The summed E-state index contributed by atoms with van der Waals surface area (Å²) < 4.78 is 14.4. The van der Waals surface area contributed by atoms with Crippen molar-refractivity contribution in [1.29, 1.82) is 0 Å². The molecule has 0 unspecified atom stereocenters. The number of benzene rings is 1. The maximum absolute atomic E-state index is 10.2. The summed E-state index contributed by atoms with van der Waals surface area (Å²) in [6.07, 6.45) is 2.45. The van der Waals surface area contributed by atoms with Crippen LogP contribution in [0.3, 0.4) is 0 Å². The molecule has 0 aliphatic carbocycles. The topological polar surface area (TPSA) is 66.8 Å². The first kappa shape index (κ1) is 13.9. The summed E-state index contributed by atoms with van der Waals surface area (Å²) in [7, 11) is -4.39. The zero-order valence-corrected chi connectivity index (χ0v) is 10.6. The van der Waals surface area contributed by atoms with Gasteiger partial charge < -0.3 is 5.95 Å². The van der Waals surface area contributed by atoms with Gasteiger partial charge in [-0.1, -0.05) is 30.3 Å².